The number of amides is 1. The Morgan fingerprint density at radius 1 is 1.50 bits per heavy atom. The molecule has 2 rings (SSSR count). The first-order chi connectivity index (χ1) is 7.57. The summed E-state index contributed by atoms with van der Waals surface area (Å²) in [5.41, 5.74) is 8.21. The van der Waals surface area contributed by atoms with Gasteiger partial charge in [-0.2, -0.15) is 0 Å². The Bertz CT molecular complexity index is 410. The first kappa shape index (κ1) is 11.1. The minimum atomic E-state index is -0.127. The predicted octanol–water partition coefficient (Wildman–Crippen LogP) is 1.48. The van der Waals surface area contributed by atoms with Crippen molar-refractivity contribution in [2.45, 2.75) is 31.2 Å². The van der Waals surface area contributed by atoms with Crippen LogP contribution in [0.1, 0.15) is 36.8 Å². The van der Waals surface area contributed by atoms with Gasteiger partial charge < -0.3 is 11.1 Å². The van der Waals surface area contributed by atoms with Crippen LogP contribution in [0.4, 0.5) is 0 Å². The number of nitrogens with one attached hydrogen (secondary N) is 1. The number of nitrogens with two attached hydrogens (primary N) is 1. The van der Waals surface area contributed by atoms with E-state index in [1.165, 1.54) is 0 Å². The van der Waals surface area contributed by atoms with Crippen LogP contribution < -0.4 is 11.1 Å². The lowest BCUT2D eigenvalue weighted by atomic mass is 9.95. The van der Waals surface area contributed by atoms with Crippen LogP contribution in [0, 0.1) is 0 Å². The van der Waals surface area contributed by atoms with Gasteiger partial charge in [0, 0.05) is 12.6 Å². The average molecular weight is 218 g/mol. The van der Waals surface area contributed by atoms with Crippen molar-refractivity contribution in [3.63, 3.8) is 0 Å². The molecular weight excluding hydrogens is 200 g/mol. The van der Waals surface area contributed by atoms with Crippen LogP contribution >= 0.6 is 0 Å². The molecule has 1 amide bonds. The fourth-order valence-electron chi connectivity index (χ4n) is 1.91. The summed E-state index contributed by atoms with van der Waals surface area (Å²) in [7, 11) is 1.66. The molecule has 0 radical (unpaired) electrons. The van der Waals surface area contributed by atoms with Crippen LogP contribution in [-0.4, -0.2) is 13.0 Å². The maximum absolute atomic E-state index is 11.5. The Morgan fingerprint density at radius 3 is 2.75 bits per heavy atom. The summed E-state index contributed by atoms with van der Waals surface area (Å²) in [5, 5.41) is 2.67. The van der Waals surface area contributed by atoms with E-state index in [9.17, 15) is 4.79 Å². The van der Waals surface area contributed by atoms with Gasteiger partial charge in [0.25, 0.3) is 0 Å². The number of carbonyl (C=O) groups excluding carboxylic acids is 1. The van der Waals surface area contributed by atoms with Gasteiger partial charge in [-0.1, -0.05) is 24.3 Å². The monoisotopic (exact) mass is 218 g/mol. The van der Waals surface area contributed by atoms with Gasteiger partial charge in [-0.15, -0.1) is 0 Å². The number of hydrogen-bond acceptors (Lipinski definition) is 2. The maximum atomic E-state index is 11.5. The van der Waals surface area contributed by atoms with Crippen LogP contribution in [-0.2, 0) is 10.3 Å². The first-order valence-corrected chi connectivity index (χ1v) is 5.68. The van der Waals surface area contributed by atoms with Crippen molar-refractivity contribution in [3.8, 4) is 0 Å². The number of hydrogen-bond donors (Lipinski definition) is 2. The summed E-state index contributed by atoms with van der Waals surface area (Å²) in [6.07, 6.45) is 2.09. The van der Waals surface area contributed by atoms with Crippen molar-refractivity contribution in [2.75, 3.05) is 7.05 Å². The molecular formula is C13H18N2O. The summed E-state index contributed by atoms with van der Waals surface area (Å²) in [6.45, 7) is 1.91. The van der Waals surface area contributed by atoms with Crippen molar-refractivity contribution in [3.05, 3.63) is 35.4 Å². The van der Waals surface area contributed by atoms with E-state index in [-0.39, 0.29) is 17.4 Å². The Kier molecular flexibility index (Phi) is 2.72. The molecule has 0 aromatic heterocycles. The van der Waals surface area contributed by atoms with Gasteiger partial charge in [0.2, 0.25) is 5.91 Å². The van der Waals surface area contributed by atoms with Crippen molar-refractivity contribution >= 4 is 5.91 Å². The van der Waals surface area contributed by atoms with Crippen LogP contribution in [0.15, 0.2) is 24.3 Å². The topological polar surface area (TPSA) is 55.1 Å². The van der Waals surface area contributed by atoms with E-state index in [2.05, 4.69) is 11.4 Å². The van der Waals surface area contributed by atoms with E-state index in [1.54, 1.807) is 7.05 Å². The Hall–Kier alpha value is -1.35. The molecule has 1 aromatic rings. The van der Waals surface area contributed by atoms with E-state index in [4.69, 9.17) is 5.73 Å². The smallest absolute Gasteiger partial charge is 0.227 e. The third-order valence-corrected chi connectivity index (χ3v) is 3.39. The molecule has 0 bridgehead atoms. The predicted molar refractivity (Wildman–Crippen MR) is 64.0 cm³/mol. The second-order valence-electron chi connectivity index (χ2n) is 4.62. The number of likely N-dealkylation sites (N-methyl/N-ethyl adjacent to an activating group) is 1. The molecule has 1 fully saturated rings. The summed E-state index contributed by atoms with van der Waals surface area (Å²) in [5.74, 6) is -0.0775. The molecule has 1 aromatic carbocycles. The van der Waals surface area contributed by atoms with E-state index < -0.39 is 0 Å². The highest BCUT2D eigenvalue weighted by Crippen LogP contribution is 2.43. The first-order valence-electron chi connectivity index (χ1n) is 5.68. The van der Waals surface area contributed by atoms with E-state index in [0.29, 0.717) is 0 Å². The quantitative estimate of drug-likeness (QED) is 0.807. The van der Waals surface area contributed by atoms with Crippen LogP contribution in [0.5, 0.6) is 0 Å². The van der Waals surface area contributed by atoms with Gasteiger partial charge in [-0.3, -0.25) is 4.79 Å². The number of benzene rings is 1. The zero-order valence-electron chi connectivity index (χ0n) is 9.79. The molecule has 0 aliphatic heterocycles. The van der Waals surface area contributed by atoms with Crippen molar-refractivity contribution in [1.29, 1.82) is 0 Å². The molecule has 1 saturated carbocycles. The fourth-order valence-corrected chi connectivity index (χ4v) is 1.91. The van der Waals surface area contributed by atoms with Crippen LogP contribution in [0.3, 0.4) is 0 Å². The Labute approximate surface area is 96.0 Å². The fraction of sp³-hybridized carbons (Fsp3) is 0.462. The molecule has 3 N–H and O–H groups in total. The highest BCUT2D eigenvalue weighted by Gasteiger charge is 2.40. The molecule has 3 heteroatoms. The molecule has 1 unspecified atom stereocenters. The largest absolute Gasteiger partial charge is 0.359 e. The van der Waals surface area contributed by atoms with Crippen LogP contribution in [0.25, 0.3) is 0 Å². The second kappa shape index (κ2) is 3.91. The highest BCUT2D eigenvalue weighted by molar-refractivity contribution is 5.82. The number of rotatable bonds is 3. The lowest BCUT2D eigenvalue weighted by molar-refractivity contribution is -0.121. The third kappa shape index (κ3) is 1.95. The van der Waals surface area contributed by atoms with Gasteiger partial charge in [0.15, 0.2) is 0 Å². The minimum absolute atomic E-state index is 0.0408. The summed E-state index contributed by atoms with van der Waals surface area (Å²) in [4.78, 5) is 11.5. The molecule has 1 aliphatic rings. The van der Waals surface area contributed by atoms with E-state index >= 15 is 0 Å². The summed E-state index contributed by atoms with van der Waals surface area (Å²) >= 11 is 0. The second-order valence-corrected chi connectivity index (χ2v) is 4.62. The van der Waals surface area contributed by atoms with Crippen molar-refractivity contribution < 1.29 is 4.79 Å². The van der Waals surface area contributed by atoms with Crippen LogP contribution in [0.2, 0.25) is 0 Å². The summed E-state index contributed by atoms with van der Waals surface area (Å²) in [6, 6.07) is 8.08. The van der Waals surface area contributed by atoms with E-state index in [0.717, 1.165) is 24.0 Å². The standard InChI is InChI=1S/C13H18N2O/c1-9(12(16)15-2)10-4-3-5-11(8-10)13(14)6-7-13/h3-5,8-9H,6-7,14H2,1-2H3,(H,15,16). The molecule has 0 saturated heterocycles. The van der Waals surface area contributed by atoms with Gasteiger partial charge in [0.1, 0.15) is 0 Å². The molecule has 0 spiro atoms. The van der Waals surface area contributed by atoms with Gasteiger partial charge >= 0.3 is 0 Å². The maximum Gasteiger partial charge on any atom is 0.227 e. The molecule has 1 aliphatic carbocycles. The highest BCUT2D eigenvalue weighted by atomic mass is 16.1. The molecule has 86 valence electrons. The van der Waals surface area contributed by atoms with Crippen molar-refractivity contribution in [2.24, 2.45) is 5.73 Å². The van der Waals surface area contributed by atoms with Gasteiger partial charge in [-0.25, -0.2) is 0 Å². The summed E-state index contributed by atoms with van der Waals surface area (Å²) < 4.78 is 0. The lowest BCUT2D eigenvalue weighted by Crippen LogP contribution is -2.24. The minimum Gasteiger partial charge on any atom is -0.359 e. The Balaban J connectivity index is 2.25. The molecule has 1 atom stereocenters. The van der Waals surface area contributed by atoms with Gasteiger partial charge in [0.05, 0.1) is 5.92 Å². The normalized spacial score (nSPS) is 18.9. The molecule has 3 nitrogen and oxygen atoms in total. The van der Waals surface area contributed by atoms with Gasteiger partial charge in [-0.05, 0) is 30.9 Å². The third-order valence-electron chi connectivity index (χ3n) is 3.39. The lowest BCUT2D eigenvalue weighted by Gasteiger charge is -2.14. The average Bonchev–Trinajstić information content (AvgIpc) is 3.07. The SMILES string of the molecule is CNC(=O)C(C)c1cccc(C2(N)CC2)c1. The zero-order chi connectivity index (χ0) is 11.8. The van der Waals surface area contributed by atoms with Crippen molar-refractivity contribution in [1.82, 2.24) is 5.32 Å². The number of carbonyl (C=O) groups is 1. The zero-order valence-corrected chi connectivity index (χ0v) is 9.79. The molecule has 16 heavy (non-hydrogen) atoms. The van der Waals surface area contributed by atoms with E-state index in [1.807, 2.05) is 25.1 Å². The molecule has 0 heterocycles. The Morgan fingerprint density at radius 2 is 2.19 bits per heavy atom.